The molecule has 0 saturated carbocycles. The Morgan fingerprint density at radius 3 is 2.68 bits per heavy atom. The van der Waals surface area contributed by atoms with Crippen molar-refractivity contribution in [2.75, 3.05) is 18.5 Å². The molecule has 3 rings (SSSR count). The number of nitrogens with one attached hydrogen (secondary N) is 1. The molecule has 0 aromatic heterocycles. The minimum Gasteiger partial charge on any atom is -0.381 e. The van der Waals surface area contributed by atoms with Crippen LogP contribution in [0.1, 0.15) is 43.7 Å². The number of carbonyl (C=O) groups excluding carboxylic acids is 2. The zero-order chi connectivity index (χ0) is 20.5. The quantitative estimate of drug-likeness (QED) is 0.743. The molecule has 1 N–H and O–H groups in total. The highest BCUT2D eigenvalue weighted by Crippen LogP contribution is 2.42. The Bertz CT molecular complexity index is 751. The smallest absolute Gasteiger partial charge is 0.381 e. The van der Waals surface area contributed by atoms with Crippen molar-refractivity contribution >= 4 is 17.5 Å². The Labute approximate surface area is 162 Å². The summed E-state index contributed by atoms with van der Waals surface area (Å²) in [7, 11) is 0. The van der Waals surface area contributed by atoms with Crippen LogP contribution in [-0.2, 0) is 20.5 Å². The van der Waals surface area contributed by atoms with Crippen LogP contribution in [0.2, 0.25) is 0 Å². The minimum atomic E-state index is -4.42. The van der Waals surface area contributed by atoms with Crippen molar-refractivity contribution in [2.24, 2.45) is 5.92 Å². The van der Waals surface area contributed by atoms with E-state index in [2.05, 4.69) is 5.32 Å². The molecular formula is C20H25F3N2O3. The minimum absolute atomic E-state index is 0.00182. The van der Waals surface area contributed by atoms with Crippen molar-refractivity contribution in [3.8, 4) is 0 Å². The first-order valence-corrected chi connectivity index (χ1v) is 9.60. The third-order valence-corrected chi connectivity index (χ3v) is 5.64. The molecule has 1 aromatic carbocycles. The maximum Gasteiger partial charge on any atom is 0.416 e. The largest absolute Gasteiger partial charge is 0.416 e. The van der Waals surface area contributed by atoms with Crippen LogP contribution >= 0.6 is 0 Å². The summed E-state index contributed by atoms with van der Waals surface area (Å²) in [6, 6.07) is 3.19. The number of rotatable bonds is 6. The van der Waals surface area contributed by atoms with Gasteiger partial charge in [-0.2, -0.15) is 13.2 Å². The molecule has 154 valence electrons. The Kier molecular flexibility index (Phi) is 5.98. The van der Waals surface area contributed by atoms with Gasteiger partial charge in [0.15, 0.2) is 0 Å². The molecular weight excluding hydrogens is 373 g/mol. The Morgan fingerprint density at radius 1 is 1.29 bits per heavy atom. The van der Waals surface area contributed by atoms with Gasteiger partial charge in [0.25, 0.3) is 0 Å². The standard InChI is InChI=1S/C20H25F3N2O3/c1-3-28-9-8-18(26)25-14-5-7-17(25)15(11-14)19(27)24-16-6-4-13(10-12(16)2)20(21,22)23/h4,6,10,14-15,17H,3,5,7-9,11H2,1-2H3,(H,24,27)/t14-,15+,17-/m0/s1. The molecule has 2 amide bonds. The number of fused-ring (bicyclic) bond motifs is 2. The molecule has 0 radical (unpaired) electrons. The summed E-state index contributed by atoms with van der Waals surface area (Å²) in [6.45, 7) is 4.33. The first kappa shape index (κ1) is 20.6. The van der Waals surface area contributed by atoms with E-state index < -0.39 is 11.7 Å². The Morgan fingerprint density at radius 2 is 2.04 bits per heavy atom. The Hall–Kier alpha value is -2.09. The van der Waals surface area contributed by atoms with E-state index in [0.717, 1.165) is 25.0 Å². The van der Waals surface area contributed by atoms with E-state index in [1.165, 1.54) is 13.0 Å². The van der Waals surface area contributed by atoms with Crippen LogP contribution in [0.25, 0.3) is 0 Å². The fourth-order valence-corrected chi connectivity index (χ4v) is 4.30. The van der Waals surface area contributed by atoms with Gasteiger partial charge in [0, 0.05) is 24.4 Å². The van der Waals surface area contributed by atoms with E-state index in [-0.39, 0.29) is 29.8 Å². The summed E-state index contributed by atoms with van der Waals surface area (Å²) in [4.78, 5) is 27.1. The molecule has 0 spiro atoms. The average Bonchev–Trinajstić information content (AvgIpc) is 3.21. The molecule has 3 atom stereocenters. The van der Waals surface area contributed by atoms with Gasteiger partial charge in [0.1, 0.15) is 0 Å². The number of alkyl halides is 3. The van der Waals surface area contributed by atoms with Gasteiger partial charge in [-0.25, -0.2) is 0 Å². The van der Waals surface area contributed by atoms with Crippen molar-refractivity contribution < 1.29 is 27.5 Å². The fraction of sp³-hybridized carbons (Fsp3) is 0.600. The highest BCUT2D eigenvalue weighted by molar-refractivity contribution is 5.95. The predicted molar refractivity (Wildman–Crippen MR) is 97.7 cm³/mol. The highest BCUT2D eigenvalue weighted by atomic mass is 19.4. The van der Waals surface area contributed by atoms with Crippen molar-refractivity contribution in [3.05, 3.63) is 29.3 Å². The number of benzene rings is 1. The molecule has 2 fully saturated rings. The fourth-order valence-electron chi connectivity index (χ4n) is 4.30. The molecule has 2 saturated heterocycles. The molecule has 8 heteroatoms. The SMILES string of the molecule is CCOCCC(=O)N1[C@H]2CC[C@H]1[C@H](C(=O)Nc1ccc(C(F)(F)F)cc1C)C2. The molecule has 0 aliphatic carbocycles. The van der Waals surface area contributed by atoms with Crippen LogP contribution in [0, 0.1) is 12.8 Å². The van der Waals surface area contributed by atoms with Gasteiger partial charge in [-0.15, -0.1) is 0 Å². The molecule has 2 aliphatic heterocycles. The van der Waals surface area contributed by atoms with Crippen LogP contribution in [0.4, 0.5) is 18.9 Å². The topological polar surface area (TPSA) is 58.6 Å². The van der Waals surface area contributed by atoms with E-state index in [1.807, 2.05) is 11.8 Å². The number of hydrogen-bond acceptors (Lipinski definition) is 3. The molecule has 2 bridgehead atoms. The third kappa shape index (κ3) is 4.16. The van der Waals surface area contributed by atoms with Crippen molar-refractivity contribution in [1.82, 2.24) is 4.90 Å². The summed E-state index contributed by atoms with van der Waals surface area (Å²) >= 11 is 0. The summed E-state index contributed by atoms with van der Waals surface area (Å²) in [5.74, 6) is -0.573. The number of amides is 2. The monoisotopic (exact) mass is 398 g/mol. The number of aryl methyl sites for hydroxylation is 1. The van der Waals surface area contributed by atoms with Gasteiger partial charge in [0.2, 0.25) is 11.8 Å². The van der Waals surface area contributed by atoms with Crippen molar-refractivity contribution in [2.45, 2.75) is 57.8 Å². The second kappa shape index (κ2) is 8.11. The van der Waals surface area contributed by atoms with Gasteiger partial charge in [-0.05, 0) is 56.9 Å². The van der Waals surface area contributed by atoms with E-state index in [4.69, 9.17) is 4.74 Å². The normalized spacial score (nSPS) is 23.9. The lowest BCUT2D eigenvalue weighted by molar-refractivity contribution is -0.137. The number of nitrogens with zero attached hydrogens (tertiary/aromatic N) is 1. The van der Waals surface area contributed by atoms with Crippen LogP contribution in [0.15, 0.2) is 18.2 Å². The highest BCUT2D eigenvalue weighted by Gasteiger charge is 2.50. The molecule has 5 nitrogen and oxygen atoms in total. The second-order valence-electron chi connectivity index (χ2n) is 7.41. The van der Waals surface area contributed by atoms with Crippen LogP contribution in [0.3, 0.4) is 0 Å². The first-order chi connectivity index (χ1) is 13.2. The van der Waals surface area contributed by atoms with Crippen LogP contribution in [-0.4, -0.2) is 42.0 Å². The van der Waals surface area contributed by atoms with Gasteiger partial charge >= 0.3 is 6.18 Å². The van der Waals surface area contributed by atoms with Gasteiger partial charge < -0.3 is 15.0 Å². The lowest BCUT2D eigenvalue weighted by atomic mass is 9.88. The van der Waals surface area contributed by atoms with E-state index in [0.29, 0.717) is 37.3 Å². The third-order valence-electron chi connectivity index (χ3n) is 5.64. The number of halogens is 3. The first-order valence-electron chi connectivity index (χ1n) is 9.60. The van der Waals surface area contributed by atoms with E-state index >= 15 is 0 Å². The molecule has 2 heterocycles. The van der Waals surface area contributed by atoms with Gasteiger partial charge in [0.05, 0.1) is 24.5 Å². The maximum absolute atomic E-state index is 12.8. The maximum atomic E-state index is 12.8. The lowest BCUT2D eigenvalue weighted by Gasteiger charge is -2.24. The molecule has 2 aliphatic rings. The zero-order valence-corrected chi connectivity index (χ0v) is 16.0. The predicted octanol–water partition coefficient (Wildman–Crippen LogP) is 3.76. The number of carbonyl (C=O) groups is 2. The number of hydrogen-bond donors (Lipinski definition) is 1. The van der Waals surface area contributed by atoms with Crippen LogP contribution in [0.5, 0.6) is 0 Å². The Balaban J connectivity index is 1.65. The molecule has 28 heavy (non-hydrogen) atoms. The van der Waals surface area contributed by atoms with E-state index in [1.54, 1.807) is 0 Å². The molecule has 1 aromatic rings. The number of anilines is 1. The summed E-state index contributed by atoms with van der Waals surface area (Å²) < 4.78 is 43.7. The summed E-state index contributed by atoms with van der Waals surface area (Å²) in [5, 5.41) is 2.76. The average molecular weight is 398 g/mol. The van der Waals surface area contributed by atoms with Crippen LogP contribution < -0.4 is 5.32 Å². The van der Waals surface area contributed by atoms with Crippen molar-refractivity contribution in [1.29, 1.82) is 0 Å². The summed E-state index contributed by atoms with van der Waals surface area (Å²) in [6.07, 6.45) is -1.87. The van der Waals surface area contributed by atoms with E-state index in [9.17, 15) is 22.8 Å². The van der Waals surface area contributed by atoms with Gasteiger partial charge in [-0.1, -0.05) is 0 Å². The lowest BCUT2D eigenvalue weighted by Crippen LogP contribution is -2.39. The second-order valence-corrected chi connectivity index (χ2v) is 7.41. The number of ether oxygens (including phenoxy) is 1. The molecule has 0 unspecified atom stereocenters. The summed E-state index contributed by atoms with van der Waals surface area (Å²) in [5.41, 5.74) is -0.0139. The van der Waals surface area contributed by atoms with Gasteiger partial charge in [-0.3, -0.25) is 9.59 Å². The van der Waals surface area contributed by atoms with Crippen molar-refractivity contribution in [3.63, 3.8) is 0 Å². The zero-order valence-electron chi connectivity index (χ0n) is 16.0.